The zero-order valence-corrected chi connectivity index (χ0v) is 13.9. The van der Waals surface area contributed by atoms with E-state index in [-0.39, 0.29) is 17.7 Å². The van der Waals surface area contributed by atoms with E-state index in [0.29, 0.717) is 24.2 Å². The van der Waals surface area contributed by atoms with Crippen molar-refractivity contribution in [2.45, 2.75) is 18.6 Å². The first-order valence-corrected chi connectivity index (χ1v) is 8.34. The Hall–Kier alpha value is -3.07. The van der Waals surface area contributed by atoms with E-state index in [1.807, 2.05) is 6.07 Å². The van der Waals surface area contributed by atoms with Gasteiger partial charge in [-0.25, -0.2) is 9.37 Å². The van der Waals surface area contributed by atoms with E-state index in [0.717, 1.165) is 17.7 Å². The normalized spacial score (nSPS) is 20.0. The first kappa shape index (κ1) is 16.4. The summed E-state index contributed by atoms with van der Waals surface area (Å²) in [6.45, 7) is 1.07. The van der Waals surface area contributed by atoms with Gasteiger partial charge in [0.2, 0.25) is 5.95 Å². The fourth-order valence-electron chi connectivity index (χ4n) is 2.95. The van der Waals surface area contributed by atoms with E-state index >= 15 is 0 Å². The summed E-state index contributed by atoms with van der Waals surface area (Å²) in [5.41, 5.74) is 2.67. The molecule has 0 bridgehead atoms. The molecule has 4 rings (SSSR count). The van der Waals surface area contributed by atoms with Gasteiger partial charge >= 0.3 is 0 Å². The van der Waals surface area contributed by atoms with E-state index in [9.17, 15) is 9.50 Å². The van der Waals surface area contributed by atoms with Crippen LogP contribution < -0.4 is 10.6 Å². The van der Waals surface area contributed by atoms with Crippen molar-refractivity contribution in [1.82, 2.24) is 30.7 Å². The minimum atomic E-state index is -0.994. The average Bonchev–Trinajstić information content (AvgIpc) is 3.19. The summed E-state index contributed by atoms with van der Waals surface area (Å²) in [7, 11) is 0. The van der Waals surface area contributed by atoms with Crippen molar-refractivity contribution in [2.75, 3.05) is 18.4 Å². The molecule has 2 atom stereocenters. The smallest absolute Gasteiger partial charge is 0.243 e. The number of H-pyrrole nitrogens is 1. The number of aromatic amines is 1. The van der Waals surface area contributed by atoms with Crippen LogP contribution in [0.15, 0.2) is 36.8 Å². The highest BCUT2D eigenvalue weighted by Crippen LogP contribution is 2.31. The average molecular weight is 355 g/mol. The molecular formula is C17H18FN7O. The maximum atomic E-state index is 13.8. The summed E-state index contributed by atoms with van der Waals surface area (Å²) < 4.78 is 13.8. The lowest BCUT2D eigenvalue weighted by Crippen LogP contribution is -2.45. The standard InChI is InChI=1S/C17H18FN7O/c18-13-8-19-4-3-14(13)23-17-20-9-15(24-25-17)12-2-1-10(5-16(12)26)11-6-21-22-7-11/h1-2,5-7,9,13-14,19,26H,3-4,8H2,(H,21,22)(H,20,23,25)/t13-,14+/m1/s1. The number of alkyl halides is 1. The van der Waals surface area contributed by atoms with Crippen LogP contribution in [0.25, 0.3) is 22.4 Å². The number of anilines is 1. The van der Waals surface area contributed by atoms with E-state index in [1.54, 1.807) is 24.5 Å². The number of nitrogens with zero attached hydrogens (tertiary/aromatic N) is 4. The number of hydrogen-bond donors (Lipinski definition) is 4. The molecule has 4 N–H and O–H groups in total. The maximum Gasteiger partial charge on any atom is 0.243 e. The van der Waals surface area contributed by atoms with E-state index < -0.39 is 6.17 Å². The second-order valence-electron chi connectivity index (χ2n) is 6.15. The summed E-state index contributed by atoms with van der Waals surface area (Å²) in [4.78, 5) is 4.20. The van der Waals surface area contributed by atoms with Crippen LogP contribution in [0.4, 0.5) is 10.3 Å². The Bertz CT molecular complexity index is 869. The number of phenolic OH excluding ortho intramolecular Hbond substituents is 1. The predicted molar refractivity (Wildman–Crippen MR) is 94.3 cm³/mol. The van der Waals surface area contributed by atoms with Crippen LogP contribution in [0.3, 0.4) is 0 Å². The molecule has 8 nitrogen and oxygen atoms in total. The number of halogens is 1. The number of aromatic hydroxyl groups is 1. The lowest BCUT2D eigenvalue weighted by molar-refractivity contribution is 0.244. The Balaban J connectivity index is 1.51. The van der Waals surface area contributed by atoms with Gasteiger partial charge in [-0.2, -0.15) is 5.10 Å². The van der Waals surface area contributed by atoms with Crippen LogP contribution >= 0.6 is 0 Å². The second-order valence-corrected chi connectivity index (χ2v) is 6.15. The van der Waals surface area contributed by atoms with Gasteiger partial charge in [-0.1, -0.05) is 6.07 Å². The molecular weight excluding hydrogens is 337 g/mol. The molecule has 134 valence electrons. The molecule has 2 aromatic heterocycles. The van der Waals surface area contributed by atoms with Crippen molar-refractivity contribution in [3.05, 3.63) is 36.8 Å². The first-order chi connectivity index (χ1) is 12.7. The molecule has 0 saturated carbocycles. The third-order valence-electron chi connectivity index (χ3n) is 4.39. The van der Waals surface area contributed by atoms with Crippen LogP contribution in [0, 0.1) is 0 Å². The Morgan fingerprint density at radius 2 is 2.12 bits per heavy atom. The second kappa shape index (κ2) is 7.04. The van der Waals surface area contributed by atoms with Gasteiger partial charge in [0.15, 0.2) is 0 Å². The lowest BCUT2D eigenvalue weighted by Gasteiger charge is -2.27. The maximum absolute atomic E-state index is 13.8. The quantitative estimate of drug-likeness (QED) is 0.564. The van der Waals surface area contributed by atoms with Gasteiger partial charge in [0.05, 0.1) is 18.4 Å². The third-order valence-corrected chi connectivity index (χ3v) is 4.39. The van der Waals surface area contributed by atoms with Gasteiger partial charge in [-0.05, 0) is 30.7 Å². The number of phenols is 1. The van der Waals surface area contributed by atoms with Gasteiger partial charge in [0, 0.05) is 23.9 Å². The molecule has 26 heavy (non-hydrogen) atoms. The van der Waals surface area contributed by atoms with Crippen LogP contribution in [-0.2, 0) is 0 Å². The Labute approximate surface area is 148 Å². The molecule has 3 aromatic rings. The highest BCUT2D eigenvalue weighted by Gasteiger charge is 2.25. The van der Waals surface area contributed by atoms with Gasteiger partial charge in [0.1, 0.15) is 17.6 Å². The Morgan fingerprint density at radius 3 is 2.81 bits per heavy atom. The van der Waals surface area contributed by atoms with E-state index in [2.05, 4.69) is 36.0 Å². The summed E-state index contributed by atoms with van der Waals surface area (Å²) in [6.07, 6.45) is 4.59. The number of hydrogen-bond acceptors (Lipinski definition) is 7. The van der Waals surface area contributed by atoms with Gasteiger partial charge < -0.3 is 15.7 Å². The summed E-state index contributed by atoms with van der Waals surface area (Å²) in [6, 6.07) is 4.92. The number of nitrogens with one attached hydrogen (secondary N) is 3. The molecule has 1 aliphatic heterocycles. The molecule has 1 fully saturated rings. The SMILES string of the molecule is Oc1cc(-c2cn[nH]c2)ccc1-c1cnc(N[C@H]2CCNC[C@H]2F)nn1. The molecule has 0 unspecified atom stereocenters. The minimum absolute atomic E-state index is 0.0719. The molecule has 0 aliphatic carbocycles. The molecule has 3 heterocycles. The van der Waals surface area contributed by atoms with E-state index in [1.165, 1.54) is 6.20 Å². The largest absolute Gasteiger partial charge is 0.507 e. The number of piperidine rings is 1. The predicted octanol–water partition coefficient (Wildman–Crippen LogP) is 1.75. The fraction of sp³-hybridized carbons (Fsp3) is 0.294. The molecule has 0 radical (unpaired) electrons. The summed E-state index contributed by atoms with van der Waals surface area (Å²) in [5.74, 6) is 0.348. The van der Waals surface area contributed by atoms with Crippen LogP contribution in [0.5, 0.6) is 5.75 Å². The minimum Gasteiger partial charge on any atom is -0.507 e. The molecule has 1 aliphatic rings. The number of rotatable bonds is 4. The van der Waals surface area contributed by atoms with Crippen molar-refractivity contribution in [3.63, 3.8) is 0 Å². The van der Waals surface area contributed by atoms with Gasteiger partial charge in [0.25, 0.3) is 0 Å². The van der Waals surface area contributed by atoms with E-state index in [4.69, 9.17) is 0 Å². The topological polar surface area (TPSA) is 112 Å². The van der Waals surface area contributed by atoms with Gasteiger partial charge in [-0.15, -0.1) is 10.2 Å². The first-order valence-electron chi connectivity index (χ1n) is 8.34. The zero-order valence-electron chi connectivity index (χ0n) is 13.9. The highest BCUT2D eigenvalue weighted by atomic mass is 19.1. The number of benzene rings is 1. The summed E-state index contributed by atoms with van der Waals surface area (Å²) >= 11 is 0. The third kappa shape index (κ3) is 3.33. The molecule has 0 spiro atoms. The van der Waals surface area contributed by atoms with Crippen molar-refractivity contribution >= 4 is 5.95 Å². The molecule has 0 amide bonds. The molecule has 1 saturated heterocycles. The van der Waals surface area contributed by atoms with Crippen molar-refractivity contribution < 1.29 is 9.50 Å². The summed E-state index contributed by atoms with van der Waals surface area (Å²) in [5, 5.41) is 31.0. The molecule has 1 aromatic carbocycles. The Kier molecular flexibility index (Phi) is 4.44. The molecule has 9 heteroatoms. The highest BCUT2D eigenvalue weighted by molar-refractivity contribution is 5.73. The van der Waals surface area contributed by atoms with Crippen molar-refractivity contribution in [2.24, 2.45) is 0 Å². The van der Waals surface area contributed by atoms with Crippen molar-refractivity contribution in [1.29, 1.82) is 0 Å². The zero-order chi connectivity index (χ0) is 17.9. The Morgan fingerprint density at radius 1 is 1.19 bits per heavy atom. The monoisotopic (exact) mass is 355 g/mol. The van der Waals surface area contributed by atoms with Crippen molar-refractivity contribution in [3.8, 4) is 28.1 Å². The lowest BCUT2D eigenvalue weighted by atomic mass is 10.0. The van der Waals surface area contributed by atoms with Crippen LogP contribution in [-0.4, -0.2) is 55.8 Å². The fourth-order valence-corrected chi connectivity index (χ4v) is 2.95. The van der Waals surface area contributed by atoms with Crippen LogP contribution in [0.1, 0.15) is 6.42 Å². The van der Waals surface area contributed by atoms with Crippen LogP contribution in [0.2, 0.25) is 0 Å². The van der Waals surface area contributed by atoms with Gasteiger partial charge in [-0.3, -0.25) is 5.10 Å². The number of aromatic nitrogens is 5.